The van der Waals surface area contributed by atoms with E-state index in [1.807, 2.05) is 6.92 Å². The molecule has 2 rings (SSSR count). The van der Waals surface area contributed by atoms with E-state index in [4.69, 9.17) is 14.2 Å². The molecule has 0 N–H and O–H groups in total. The maximum Gasteiger partial charge on any atom is 0.348 e. The molecule has 8 heteroatoms. The lowest BCUT2D eigenvalue weighted by atomic mass is 10.1. The molecule has 1 heterocycles. The highest BCUT2D eigenvalue weighted by molar-refractivity contribution is 7.17. The van der Waals surface area contributed by atoms with Gasteiger partial charge >= 0.3 is 11.0 Å². The third-order valence-electron chi connectivity index (χ3n) is 3.17. The highest BCUT2D eigenvalue weighted by Gasteiger charge is 2.17. The number of carbonyl (C=O) groups excluding carboxylic acids is 1. The second-order valence-electron chi connectivity index (χ2n) is 4.60. The standard InChI is InChI=1S/C15H15NO6S/c1-9-6-11(20-2)12(21-3)7-10(9)8-22-15(17)13-4-5-14(23-13)16(18)19/h4-7H,8H2,1-3H3. The van der Waals surface area contributed by atoms with E-state index in [-0.39, 0.29) is 16.5 Å². The Bertz CT molecular complexity index is 740. The molecule has 0 fully saturated rings. The third-order valence-corrected chi connectivity index (χ3v) is 4.19. The predicted octanol–water partition coefficient (Wildman–Crippen LogP) is 3.34. The minimum Gasteiger partial charge on any atom is -0.493 e. The van der Waals surface area contributed by atoms with Crippen LogP contribution in [0.2, 0.25) is 0 Å². The van der Waals surface area contributed by atoms with Gasteiger partial charge in [-0.2, -0.15) is 0 Å². The molecule has 1 aromatic carbocycles. The summed E-state index contributed by atoms with van der Waals surface area (Å²) in [6.07, 6.45) is 0. The Hall–Kier alpha value is -2.61. The van der Waals surface area contributed by atoms with Crippen LogP contribution in [-0.2, 0) is 11.3 Å². The number of thiophene rings is 1. The van der Waals surface area contributed by atoms with Gasteiger partial charge in [0.05, 0.1) is 19.1 Å². The van der Waals surface area contributed by atoms with Crippen LogP contribution in [0, 0.1) is 17.0 Å². The fourth-order valence-corrected chi connectivity index (χ4v) is 2.64. The molecule has 0 unspecified atom stereocenters. The van der Waals surface area contributed by atoms with E-state index in [0.29, 0.717) is 11.5 Å². The van der Waals surface area contributed by atoms with Crippen molar-refractivity contribution in [2.45, 2.75) is 13.5 Å². The Morgan fingerprint density at radius 2 is 1.87 bits per heavy atom. The summed E-state index contributed by atoms with van der Waals surface area (Å²) in [7, 11) is 3.06. The summed E-state index contributed by atoms with van der Waals surface area (Å²) in [5, 5.41) is 10.5. The quantitative estimate of drug-likeness (QED) is 0.456. The summed E-state index contributed by atoms with van der Waals surface area (Å²) in [4.78, 5) is 22.2. The number of rotatable bonds is 6. The maximum absolute atomic E-state index is 12.0. The smallest absolute Gasteiger partial charge is 0.348 e. The fraction of sp³-hybridized carbons (Fsp3) is 0.267. The summed E-state index contributed by atoms with van der Waals surface area (Å²) >= 11 is 0.784. The Kier molecular flexibility index (Phi) is 5.17. The van der Waals surface area contributed by atoms with Gasteiger partial charge in [0.25, 0.3) is 0 Å². The number of benzene rings is 1. The van der Waals surface area contributed by atoms with Crippen LogP contribution in [0.5, 0.6) is 11.5 Å². The summed E-state index contributed by atoms with van der Waals surface area (Å²) in [5.74, 6) is 0.530. The monoisotopic (exact) mass is 337 g/mol. The van der Waals surface area contributed by atoms with Crippen LogP contribution in [0.4, 0.5) is 5.00 Å². The second-order valence-corrected chi connectivity index (χ2v) is 5.67. The van der Waals surface area contributed by atoms with E-state index in [1.54, 1.807) is 19.2 Å². The Labute approximate surface area is 136 Å². The van der Waals surface area contributed by atoms with E-state index < -0.39 is 10.9 Å². The largest absolute Gasteiger partial charge is 0.493 e. The van der Waals surface area contributed by atoms with Crippen LogP contribution < -0.4 is 9.47 Å². The van der Waals surface area contributed by atoms with Crippen LogP contribution in [0.3, 0.4) is 0 Å². The second kappa shape index (κ2) is 7.10. The fourth-order valence-electron chi connectivity index (χ4n) is 1.93. The maximum atomic E-state index is 12.0. The Morgan fingerprint density at radius 3 is 2.43 bits per heavy atom. The van der Waals surface area contributed by atoms with E-state index in [1.165, 1.54) is 19.2 Å². The lowest BCUT2D eigenvalue weighted by Crippen LogP contribution is -2.05. The van der Waals surface area contributed by atoms with Crippen molar-refractivity contribution in [2.75, 3.05) is 14.2 Å². The van der Waals surface area contributed by atoms with Crippen LogP contribution in [0.1, 0.15) is 20.8 Å². The lowest BCUT2D eigenvalue weighted by Gasteiger charge is -2.12. The molecule has 122 valence electrons. The number of nitrogens with zero attached hydrogens (tertiary/aromatic N) is 1. The molecule has 0 aliphatic heterocycles. The number of methoxy groups -OCH3 is 2. The van der Waals surface area contributed by atoms with Crippen LogP contribution in [0.25, 0.3) is 0 Å². The first-order valence-electron chi connectivity index (χ1n) is 6.59. The molecule has 2 aromatic rings. The number of aryl methyl sites for hydroxylation is 1. The predicted molar refractivity (Wildman–Crippen MR) is 84.4 cm³/mol. The third kappa shape index (κ3) is 3.78. The van der Waals surface area contributed by atoms with Crippen molar-refractivity contribution in [1.82, 2.24) is 0 Å². The van der Waals surface area contributed by atoms with Crippen molar-refractivity contribution in [3.05, 3.63) is 50.4 Å². The van der Waals surface area contributed by atoms with Gasteiger partial charge in [-0.15, -0.1) is 0 Å². The molecule has 0 saturated heterocycles. The summed E-state index contributed by atoms with van der Waals surface area (Å²) in [6, 6.07) is 6.19. The van der Waals surface area contributed by atoms with Gasteiger partial charge in [-0.1, -0.05) is 11.3 Å². The average molecular weight is 337 g/mol. The van der Waals surface area contributed by atoms with Crippen molar-refractivity contribution in [3.8, 4) is 11.5 Å². The van der Waals surface area contributed by atoms with Gasteiger partial charge in [-0.05, 0) is 36.2 Å². The first kappa shape index (κ1) is 16.8. The van der Waals surface area contributed by atoms with E-state index in [9.17, 15) is 14.9 Å². The van der Waals surface area contributed by atoms with Gasteiger partial charge in [0.15, 0.2) is 11.5 Å². The zero-order chi connectivity index (χ0) is 17.0. The summed E-state index contributed by atoms with van der Waals surface area (Å²) in [6.45, 7) is 1.90. The average Bonchev–Trinajstić information content (AvgIpc) is 3.03. The molecule has 0 aliphatic carbocycles. The van der Waals surface area contributed by atoms with Gasteiger partial charge in [-0.25, -0.2) is 4.79 Å². The number of hydrogen-bond acceptors (Lipinski definition) is 7. The zero-order valence-electron chi connectivity index (χ0n) is 12.8. The molecule has 0 atom stereocenters. The van der Waals surface area contributed by atoms with Crippen molar-refractivity contribution >= 4 is 22.3 Å². The van der Waals surface area contributed by atoms with Gasteiger partial charge in [0.2, 0.25) is 0 Å². The molecule has 23 heavy (non-hydrogen) atoms. The van der Waals surface area contributed by atoms with Crippen LogP contribution in [0.15, 0.2) is 24.3 Å². The first-order chi connectivity index (χ1) is 11.0. The van der Waals surface area contributed by atoms with E-state index in [0.717, 1.165) is 22.5 Å². The molecule has 0 spiro atoms. The molecule has 0 bridgehead atoms. The number of esters is 1. The number of carbonyl (C=O) groups is 1. The molecule has 0 radical (unpaired) electrons. The van der Waals surface area contributed by atoms with E-state index >= 15 is 0 Å². The van der Waals surface area contributed by atoms with Crippen LogP contribution in [-0.4, -0.2) is 25.1 Å². The van der Waals surface area contributed by atoms with Crippen molar-refractivity contribution < 1.29 is 23.9 Å². The van der Waals surface area contributed by atoms with Gasteiger partial charge in [0.1, 0.15) is 11.5 Å². The minimum atomic E-state index is -0.600. The van der Waals surface area contributed by atoms with Crippen molar-refractivity contribution in [3.63, 3.8) is 0 Å². The molecule has 1 aromatic heterocycles. The normalized spacial score (nSPS) is 10.2. The van der Waals surface area contributed by atoms with Gasteiger partial charge in [-0.3, -0.25) is 10.1 Å². The Balaban J connectivity index is 2.10. The SMILES string of the molecule is COc1cc(C)c(COC(=O)c2ccc([N+](=O)[O-])s2)cc1OC. The molecule has 7 nitrogen and oxygen atoms in total. The Morgan fingerprint density at radius 1 is 1.22 bits per heavy atom. The molecular formula is C15H15NO6S. The van der Waals surface area contributed by atoms with Crippen LogP contribution >= 0.6 is 11.3 Å². The topological polar surface area (TPSA) is 87.9 Å². The summed E-state index contributed by atoms with van der Waals surface area (Å²) < 4.78 is 15.6. The lowest BCUT2D eigenvalue weighted by molar-refractivity contribution is -0.380. The highest BCUT2D eigenvalue weighted by Crippen LogP contribution is 2.31. The van der Waals surface area contributed by atoms with Crippen molar-refractivity contribution in [2.24, 2.45) is 0 Å². The molecule has 0 aliphatic rings. The van der Waals surface area contributed by atoms with Gasteiger partial charge in [0, 0.05) is 6.07 Å². The number of hydrogen-bond donors (Lipinski definition) is 0. The number of ether oxygens (including phenoxy) is 3. The molecular weight excluding hydrogens is 322 g/mol. The minimum absolute atomic E-state index is 0.0384. The molecule has 0 saturated carbocycles. The van der Waals surface area contributed by atoms with E-state index in [2.05, 4.69) is 0 Å². The molecule has 0 amide bonds. The zero-order valence-corrected chi connectivity index (χ0v) is 13.6. The van der Waals surface area contributed by atoms with Crippen molar-refractivity contribution in [1.29, 1.82) is 0 Å². The number of nitro groups is 1. The van der Waals surface area contributed by atoms with Gasteiger partial charge < -0.3 is 14.2 Å². The summed E-state index contributed by atoms with van der Waals surface area (Å²) in [5.41, 5.74) is 1.65. The highest BCUT2D eigenvalue weighted by atomic mass is 32.1. The first-order valence-corrected chi connectivity index (χ1v) is 7.40.